The van der Waals surface area contributed by atoms with Crippen LogP contribution in [0.5, 0.6) is 0 Å². The zero-order chi connectivity index (χ0) is 21.1. The molecule has 0 bridgehead atoms. The number of carbonyl (C=O) groups is 1. The van der Waals surface area contributed by atoms with Gasteiger partial charge >= 0.3 is 0 Å². The van der Waals surface area contributed by atoms with Gasteiger partial charge in [-0.05, 0) is 68.1 Å². The van der Waals surface area contributed by atoms with Gasteiger partial charge in [0.15, 0.2) is 0 Å². The van der Waals surface area contributed by atoms with Gasteiger partial charge in [0.2, 0.25) is 15.9 Å². The van der Waals surface area contributed by atoms with Crippen molar-refractivity contribution < 1.29 is 17.6 Å². The first-order valence-corrected chi connectivity index (χ1v) is 11.0. The van der Waals surface area contributed by atoms with Gasteiger partial charge in [0.25, 0.3) is 0 Å². The van der Waals surface area contributed by atoms with Crippen LogP contribution in [0, 0.1) is 19.7 Å². The van der Waals surface area contributed by atoms with Gasteiger partial charge in [-0.3, -0.25) is 9.10 Å². The first-order valence-electron chi connectivity index (χ1n) is 9.16. The van der Waals surface area contributed by atoms with Gasteiger partial charge in [-0.25, -0.2) is 12.8 Å². The molecule has 2 aromatic carbocycles. The summed E-state index contributed by atoms with van der Waals surface area (Å²) in [7, 11) is -3.69. The fourth-order valence-electron chi connectivity index (χ4n) is 3.28. The first kappa shape index (κ1) is 21.9. The Morgan fingerprint density at radius 3 is 2.11 bits per heavy atom. The molecular weight excluding hydrogens is 379 g/mol. The summed E-state index contributed by atoms with van der Waals surface area (Å²) in [5.74, 6) is -0.754. The average Bonchev–Trinajstić information content (AvgIpc) is 2.57. The minimum absolute atomic E-state index is 0.308. The van der Waals surface area contributed by atoms with Crippen molar-refractivity contribution in [2.75, 3.05) is 10.6 Å². The molecule has 0 fully saturated rings. The number of carbonyl (C=O) groups excluding carboxylic acids is 1. The molecule has 0 aromatic heterocycles. The largest absolute Gasteiger partial charge is 0.348 e. The van der Waals surface area contributed by atoms with Crippen LogP contribution < -0.4 is 9.62 Å². The van der Waals surface area contributed by atoms with E-state index in [0.29, 0.717) is 12.1 Å². The number of benzene rings is 2. The summed E-state index contributed by atoms with van der Waals surface area (Å²) in [4.78, 5) is 13.0. The van der Waals surface area contributed by atoms with Crippen molar-refractivity contribution in [3.63, 3.8) is 0 Å². The normalized spacial score (nSPS) is 13.6. The van der Waals surface area contributed by atoms with Crippen LogP contribution in [0.4, 0.5) is 10.1 Å². The Bertz CT molecular complexity index is 922. The standard InChI is InChI=1S/C21H27FN2O3S/c1-6-20(21(25)23-16(4)17-7-9-18(22)10-8-17)24(28(5,26)27)19-12-14(2)11-15(3)13-19/h7-13,16,20H,6H2,1-5H3,(H,23,25)/t16-,20-/m0/s1. The highest BCUT2D eigenvalue weighted by Crippen LogP contribution is 2.25. The number of nitrogens with one attached hydrogen (secondary N) is 1. The lowest BCUT2D eigenvalue weighted by atomic mass is 10.1. The van der Waals surface area contributed by atoms with Gasteiger partial charge in [0, 0.05) is 0 Å². The van der Waals surface area contributed by atoms with Crippen molar-refractivity contribution in [1.82, 2.24) is 5.32 Å². The van der Waals surface area contributed by atoms with Crippen LogP contribution in [-0.2, 0) is 14.8 Å². The highest BCUT2D eigenvalue weighted by Gasteiger charge is 2.32. The Balaban J connectivity index is 2.34. The summed E-state index contributed by atoms with van der Waals surface area (Å²) in [5, 5.41) is 2.85. The summed E-state index contributed by atoms with van der Waals surface area (Å²) in [6.45, 7) is 7.32. The van der Waals surface area contributed by atoms with E-state index in [1.807, 2.05) is 19.9 Å². The molecule has 2 atom stereocenters. The third-order valence-electron chi connectivity index (χ3n) is 4.52. The predicted molar refractivity (Wildman–Crippen MR) is 110 cm³/mol. The van der Waals surface area contributed by atoms with Crippen molar-refractivity contribution in [2.24, 2.45) is 0 Å². The molecule has 0 aliphatic heterocycles. The monoisotopic (exact) mass is 406 g/mol. The van der Waals surface area contributed by atoms with E-state index in [2.05, 4.69) is 5.32 Å². The smallest absolute Gasteiger partial charge is 0.244 e. The van der Waals surface area contributed by atoms with Crippen molar-refractivity contribution in [3.8, 4) is 0 Å². The number of hydrogen-bond acceptors (Lipinski definition) is 3. The Hall–Kier alpha value is -2.41. The fraction of sp³-hybridized carbons (Fsp3) is 0.381. The number of anilines is 1. The molecule has 2 rings (SSSR count). The molecule has 0 heterocycles. The van der Waals surface area contributed by atoms with Gasteiger partial charge in [-0.1, -0.05) is 25.1 Å². The van der Waals surface area contributed by atoms with Gasteiger partial charge < -0.3 is 5.32 Å². The van der Waals surface area contributed by atoms with Crippen molar-refractivity contribution >= 4 is 21.6 Å². The van der Waals surface area contributed by atoms with Crippen LogP contribution >= 0.6 is 0 Å². The van der Waals surface area contributed by atoms with E-state index >= 15 is 0 Å². The van der Waals surface area contributed by atoms with Crippen LogP contribution in [0.15, 0.2) is 42.5 Å². The molecule has 28 heavy (non-hydrogen) atoms. The second kappa shape index (κ2) is 8.73. The molecule has 5 nitrogen and oxygen atoms in total. The van der Waals surface area contributed by atoms with E-state index in [9.17, 15) is 17.6 Å². The molecule has 0 saturated carbocycles. The molecule has 152 valence electrons. The molecular formula is C21H27FN2O3S. The molecule has 0 aliphatic carbocycles. The minimum Gasteiger partial charge on any atom is -0.348 e. The Morgan fingerprint density at radius 1 is 1.11 bits per heavy atom. The molecule has 0 spiro atoms. The van der Waals surface area contributed by atoms with Crippen molar-refractivity contribution in [3.05, 3.63) is 65.0 Å². The van der Waals surface area contributed by atoms with E-state index in [0.717, 1.165) is 22.9 Å². The fourth-order valence-corrected chi connectivity index (χ4v) is 4.48. The van der Waals surface area contributed by atoms with E-state index in [1.165, 1.54) is 16.4 Å². The van der Waals surface area contributed by atoms with Gasteiger partial charge in [-0.2, -0.15) is 0 Å². The molecule has 0 aliphatic rings. The minimum atomic E-state index is -3.69. The predicted octanol–water partition coefficient (Wildman–Crippen LogP) is 3.86. The quantitative estimate of drug-likeness (QED) is 0.759. The third-order valence-corrected chi connectivity index (χ3v) is 5.70. The van der Waals surface area contributed by atoms with Crippen LogP contribution in [0.3, 0.4) is 0 Å². The summed E-state index contributed by atoms with van der Waals surface area (Å²) in [6, 6.07) is 10.0. The second-order valence-electron chi connectivity index (χ2n) is 7.11. The van der Waals surface area contributed by atoms with E-state index in [4.69, 9.17) is 0 Å². The number of amides is 1. The first-order chi connectivity index (χ1) is 13.0. The average molecular weight is 407 g/mol. The number of sulfonamides is 1. The number of halogens is 1. The van der Waals surface area contributed by atoms with Crippen LogP contribution in [0.1, 0.15) is 43.0 Å². The number of rotatable bonds is 7. The Labute approximate surface area is 166 Å². The summed E-state index contributed by atoms with van der Waals surface area (Å²) in [5.41, 5.74) is 3.04. The van der Waals surface area contributed by atoms with Crippen LogP contribution in [0.25, 0.3) is 0 Å². The Kier molecular flexibility index (Phi) is 6.82. The molecule has 2 aromatic rings. The SMILES string of the molecule is CC[C@@H](C(=O)N[C@@H](C)c1ccc(F)cc1)N(c1cc(C)cc(C)c1)S(C)(=O)=O. The summed E-state index contributed by atoms with van der Waals surface area (Å²) in [6.07, 6.45) is 1.41. The van der Waals surface area contributed by atoms with Crippen molar-refractivity contribution in [2.45, 2.75) is 46.2 Å². The lowest BCUT2D eigenvalue weighted by molar-refractivity contribution is -0.122. The molecule has 1 N–H and O–H groups in total. The lowest BCUT2D eigenvalue weighted by Crippen LogP contribution is -2.49. The lowest BCUT2D eigenvalue weighted by Gasteiger charge is -2.31. The van der Waals surface area contributed by atoms with Crippen LogP contribution in [-0.4, -0.2) is 26.6 Å². The maximum absolute atomic E-state index is 13.1. The zero-order valence-electron chi connectivity index (χ0n) is 16.9. The zero-order valence-corrected chi connectivity index (χ0v) is 17.7. The van der Waals surface area contributed by atoms with E-state index in [1.54, 1.807) is 38.1 Å². The van der Waals surface area contributed by atoms with Gasteiger partial charge in [0.1, 0.15) is 11.9 Å². The number of aryl methyl sites for hydroxylation is 2. The summed E-state index contributed by atoms with van der Waals surface area (Å²) < 4.78 is 39.4. The molecule has 0 radical (unpaired) electrons. The molecule has 0 unspecified atom stereocenters. The Morgan fingerprint density at radius 2 is 1.64 bits per heavy atom. The summed E-state index contributed by atoms with van der Waals surface area (Å²) >= 11 is 0. The number of nitrogens with zero attached hydrogens (tertiary/aromatic N) is 1. The van der Waals surface area contributed by atoms with Gasteiger partial charge in [0.05, 0.1) is 18.0 Å². The van der Waals surface area contributed by atoms with Crippen molar-refractivity contribution in [1.29, 1.82) is 0 Å². The molecule has 1 amide bonds. The molecule has 7 heteroatoms. The van der Waals surface area contributed by atoms with E-state index < -0.39 is 22.0 Å². The number of hydrogen-bond donors (Lipinski definition) is 1. The van der Waals surface area contributed by atoms with Crippen LogP contribution in [0.2, 0.25) is 0 Å². The highest BCUT2D eigenvalue weighted by atomic mass is 32.2. The maximum Gasteiger partial charge on any atom is 0.244 e. The second-order valence-corrected chi connectivity index (χ2v) is 8.97. The highest BCUT2D eigenvalue weighted by molar-refractivity contribution is 7.92. The van der Waals surface area contributed by atoms with Gasteiger partial charge in [-0.15, -0.1) is 0 Å². The van der Waals surface area contributed by atoms with E-state index in [-0.39, 0.29) is 11.9 Å². The molecule has 0 saturated heterocycles. The topological polar surface area (TPSA) is 66.5 Å². The third kappa shape index (κ3) is 5.32. The maximum atomic E-state index is 13.1.